The van der Waals surface area contributed by atoms with Crippen molar-refractivity contribution in [2.75, 3.05) is 0 Å². The van der Waals surface area contributed by atoms with E-state index in [1.54, 1.807) is 0 Å². The Kier molecular flexibility index (Phi) is 1.61. The lowest BCUT2D eigenvalue weighted by Gasteiger charge is -2.18. The van der Waals surface area contributed by atoms with E-state index >= 15 is 0 Å². The number of Topliss-reactive ketones (excluding diaryl/α,β-unsaturated/α-hetero) is 1. The van der Waals surface area contributed by atoms with E-state index in [2.05, 4.69) is 17.6 Å². The van der Waals surface area contributed by atoms with Gasteiger partial charge in [-0.1, -0.05) is 6.92 Å². The minimum absolute atomic E-state index is 0.238. The van der Waals surface area contributed by atoms with Crippen LogP contribution in [0.25, 0.3) is 0 Å². The Morgan fingerprint density at radius 1 is 1.43 bits per heavy atom. The van der Waals surface area contributed by atoms with Crippen LogP contribution in [-0.2, 0) is 19.4 Å². The van der Waals surface area contributed by atoms with Crippen LogP contribution in [0.15, 0.2) is 6.07 Å². The molecule has 3 rings (SSSR count). The molecule has 2 aliphatic rings. The molecular formula is C12H15NO. The molecule has 1 aliphatic carbocycles. The van der Waals surface area contributed by atoms with Crippen molar-refractivity contribution in [2.45, 2.75) is 39.2 Å². The highest BCUT2D eigenvalue weighted by Crippen LogP contribution is 2.31. The van der Waals surface area contributed by atoms with Crippen LogP contribution in [0.3, 0.4) is 0 Å². The smallest absolute Gasteiger partial charge is 0.182 e. The Balaban J connectivity index is 2.17. The molecule has 0 aromatic carbocycles. The van der Waals surface area contributed by atoms with Crippen LogP contribution in [0.5, 0.6) is 0 Å². The van der Waals surface area contributed by atoms with Crippen LogP contribution >= 0.6 is 0 Å². The van der Waals surface area contributed by atoms with Gasteiger partial charge in [0.2, 0.25) is 0 Å². The summed E-state index contributed by atoms with van der Waals surface area (Å²) in [6.45, 7) is 3.11. The third-order valence-electron chi connectivity index (χ3n) is 3.60. The minimum Gasteiger partial charge on any atom is -0.342 e. The van der Waals surface area contributed by atoms with Gasteiger partial charge in [0, 0.05) is 18.2 Å². The summed E-state index contributed by atoms with van der Waals surface area (Å²) < 4.78 is 2.26. The van der Waals surface area contributed by atoms with Gasteiger partial charge in [-0.05, 0) is 37.3 Å². The van der Waals surface area contributed by atoms with Gasteiger partial charge in [0.05, 0.1) is 5.69 Å². The van der Waals surface area contributed by atoms with Gasteiger partial charge in [-0.2, -0.15) is 0 Å². The zero-order chi connectivity index (χ0) is 9.71. The molecule has 2 heteroatoms. The van der Waals surface area contributed by atoms with E-state index in [4.69, 9.17) is 0 Å². The van der Waals surface area contributed by atoms with Crippen molar-refractivity contribution >= 4 is 5.78 Å². The largest absolute Gasteiger partial charge is 0.342 e. The highest BCUT2D eigenvalue weighted by atomic mass is 16.1. The highest BCUT2D eigenvalue weighted by Gasteiger charge is 2.30. The first-order chi connectivity index (χ1) is 6.77. The molecule has 0 N–H and O–H groups in total. The summed E-state index contributed by atoms with van der Waals surface area (Å²) in [7, 11) is 0. The zero-order valence-electron chi connectivity index (χ0n) is 8.55. The SMILES string of the molecule is CC1CCc2cc3n(c2C1=O)CCC3. The molecule has 1 unspecified atom stereocenters. The second kappa shape index (κ2) is 2.72. The molecule has 0 saturated carbocycles. The molecule has 1 atom stereocenters. The third kappa shape index (κ3) is 0.941. The van der Waals surface area contributed by atoms with Crippen LogP contribution in [0.4, 0.5) is 0 Å². The Labute approximate surface area is 83.9 Å². The van der Waals surface area contributed by atoms with Crippen molar-refractivity contribution < 1.29 is 4.79 Å². The topological polar surface area (TPSA) is 22.0 Å². The lowest BCUT2D eigenvalue weighted by atomic mass is 9.88. The predicted octanol–water partition coefficient (Wildman–Crippen LogP) is 2.20. The lowest BCUT2D eigenvalue weighted by molar-refractivity contribution is 0.0904. The van der Waals surface area contributed by atoms with Gasteiger partial charge >= 0.3 is 0 Å². The lowest BCUT2D eigenvalue weighted by Crippen LogP contribution is -2.22. The summed E-state index contributed by atoms with van der Waals surface area (Å²) in [5.74, 6) is 0.612. The maximum Gasteiger partial charge on any atom is 0.182 e. The van der Waals surface area contributed by atoms with Crippen molar-refractivity contribution in [3.05, 3.63) is 23.0 Å². The molecule has 0 amide bonds. The van der Waals surface area contributed by atoms with Gasteiger partial charge in [-0.15, -0.1) is 0 Å². The van der Waals surface area contributed by atoms with Gasteiger partial charge in [-0.25, -0.2) is 0 Å². The number of hydrogen-bond acceptors (Lipinski definition) is 1. The van der Waals surface area contributed by atoms with Crippen LogP contribution in [0.2, 0.25) is 0 Å². The van der Waals surface area contributed by atoms with Crippen molar-refractivity contribution in [3.8, 4) is 0 Å². The van der Waals surface area contributed by atoms with Gasteiger partial charge in [-0.3, -0.25) is 4.79 Å². The summed E-state index contributed by atoms with van der Waals surface area (Å²) in [5.41, 5.74) is 3.73. The molecule has 2 heterocycles. The van der Waals surface area contributed by atoms with Crippen LogP contribution in [0.1, 0.15) is 41.5 Å². The summed E-state index contributed by atoms with van der Waals surface area (Å²) in [4.78, 5) is 12.0. The summed E-state index contributed by atoms with van der Waals surface area (Å²) in [6.07, 6.45) is 4.51. The fourth-order valence-electron chi connectivity index (χ4n) is 2.76. The highest BCUT2D eigenvalue weighted by molar-refractivity contribution is 5.99. The Morgan fingerprint density at radius 2 is 2.29 bits per heavy atom. The molecule has 1 aliphatic heterocycles. The van der Waals surface area contributed by atoms with Crippen molar-refractivity contribution in [1.29, 1.82) is 0 Å². The summed E-state index contributed by atoms with van der Waals surface area (Å²) in [6, 6.07) is 2.26. The van der Waals surface area contributed by atoms with Crippen molar-refractivity contribution in [1.82, 2.24) is 4.57 Å². The Hall–Kier alpha value is -1.05. The molecule has 0 spiro atoms. The standard InChI is InChI=1S/C12H15NO/c1-8-4-5-9-7-10-3-2-6-13(10)11(9)12(8)14/h7-8H,2-6H2,1H3. The number of carbonyl (C=O) groups excluding carboxylic acids is 1. The average Bonchev–Trinajstić information content (AvgIpc) is 2.70. The number of ketones is 1. The molecule has 0 bridgehead atoms. The third-order valence-corrected chi connectivity index (χ3v) is 3.60. The zero-order valence-corrected chi connectivity index (χ0v) is 8.55. The first-order valence-corrected chi connectivity index (χ1v) is 5.53. The maximum absolute atomic E-state index is 12.0. The quantitative estimate of drug-likeness (QED) is 0.613. The average molecular weight is 189 g/mol. The molecule has 1 aromatic heterocycles. The number of hydrogen-bond donors (Lipinski definition) is 0. The van der Waals surface area contributed by atoms with E-state index in [-0.39, 0.29) is 5.92 Å². The monoisotopic (exact) mass is 189 g/mol. The molecule has 0 fully saturated rings. The van der Waals surface area contributed by atoms with E-state index < -0.39 is 0 Å². The molecule has 0 saturated heterocycles. The van der Waals surface area contributed by atoms with E-state index in [1.807, 2.05) is 0 Å². The van der Waals surface area contributed by atoms with E-state index in [9.17, 15) is 4.79 Å². The number of aryl methyl sites for hydroxylation is 2. The van der Waals surface area contributed by atoms with Gasteiger partial charge in [0.1, 0.15) is 0 Å². The number of carbonyl (C=O) groups is 1. The van der Waals surface area contributed by atoms with E-state index in [1.165, 1.54) is 17.7 Å². The fourth-order valence-corrected chi connectivity index (χ4v) is 2.76. The van der Waals surface area contributed by atoms with E-state index in [0.29, 0.717) is 5.78 Å². The van der Waals surface area contributed by atoms with Gasteiger partial charge < -0.3 is 4.57 Å². The maximum atomic E-state index is 12.0. The number of fused-ring (bicyclic) bond motifs is 3. The molecular weight excluding hydrogens is 174 g/mol. The number of rotatable bonds is 0. The minimum atomic E-state index is 0.238. The van der Waals surface area contributed by atoms with Gasteiger partial charge in [0.15, 0.2) is 5.78 Å². The first kappa shape index (κ1) is 8.27. The Bertz CT molecular complexity index is 403. The molecule has 0 radical (unpaired) electrons. The summed E-state index contributed by atoms with van der Waals surface area (Å²) in [5, 5.41) is 0. The van der Waals surface area contributed by atoms with Gasteiger partial charge in [0.25, 0.3) is 0 Å². The Morgan fingerprint density at radius 3 is 3.14 bits per heavy atom. The molecule has 1 aromatic rings. The van der Waals surface area contributed by atoms with Crippen LogP contribution in [0, 0.1) is 5.92 Å². The molecule has 74 valence electrons. The molecule has 14 heavy (non-hydrogen) atoms. The van der Waals surface area contributed by atoms with Crippen LogP contribution in [-0.4, -0.2) is 10.4 Å². The molecule has 2 nitrogen and oxygen atoms in total. The summed E-state index contributed by atoms with van der Waals surface area (Å²) >= 11 is 0. The second-order valence-corrected chi connectivity index (χ2v) is 4.57. The normalized spacial score (nSPS) is 24.9. The van der Waals surface area contributed by atoms with Crippen molar-refractivity contribution in [3.63, 3.8) is 0 Å². The van der Waals surface area contributed by atoms with Crippen LogP contribution < -0.4 is 0 Å². The predicted molar refractivity (Wildman–Crippen MR) is 54.6 cm³/mol. The second-order valence-electron chi connectivity index (χ2n) is 4.57. The fraction of sp³-hybridized carbons (Fsp3) is 0.583. The first-order valence-electron chi connectivity index (χ1n) is 5.53. The van der Waals surface area contributed by atoms with E-state index in [0.717, 1.165) is 31.5 Å². The van der Waals surface area contributed by atoms with Crippen molar-refractivity contribution in [2.24, 2.45) is 5.92 Å². The number of nitrogens with zero attached hydrogens (tertiary/aromatic N) is 1. The number of aromatic nitrogens is 1.